The molecule has 1 aliphatic rings. The lowest BCUT2D eigenvalue weighted by molar-refractivity contribution is -0.0449. The molecule has 2 atom stereocenters. The number of ether oxygens (including phenoxy) is 1. The SMILES string of the molecule is CC(C)(C)N1C[C@@H](O)C[C@@H](OC(N)=O)C1. The van der Waals surface area contributed by atoms with E-state index in [1.54, 1.807) is 0 Å². The Kier molecular flexibility index (Phi) is 3.57. The summed E-state index contributed by atoms with van der Waals surface area (Å²) < 4.78 is 4.92. The number of piperidine rings is 1. The van der Waals surface area contributed by atoms with Crippen molar-refractivity contribution in [1.29, 1.82) is 0 Å². The van der Waals surface area contributed by atoms with Crippen LogP contribution < -0.4 is 5.73 Å². The molecule has 3 N–H and O–H groups in total. The molecule has 0 aromatic heterocycles. The Morgan fingerprint density at radius 3 is 2.53 bits per heavy atom. The van der Waals surface area contributed by atoms with Crippen LogP contribution in [0.1, 0.15) is 27.2 Å². The molecule has 0 aromatic rings. The second kappa shape index (κ2) is 4.37. The molecule has 1 rings (SSSR count). The largest absolute Gasteiger partial charge is 0.445 e. The molecule has 1 amide bonds. The highest BCUT2D eigenvalue weighted by atomic mass is 16.6. The number of aliphatic hydroxyl groups excluding tert-OH is 1. The number of nitrogens with zero attached hydrogens (tertiary/aromatic N) is 1. The predicted octanol–water partition coefficient (Wildman–Crippen LogP) is 0.315. The summed E-state index contributed by atoms with van der Waals surface area (Å²) in [7, 11) is 0. The van der Waals surface area contributed by atoms with Crippen LogP contribution in [0.5, 0.6) is 0 Å². The third-order valence-electron chi connectivity index (χ3n) is 2.62. The van der Waals surface area contributed by atoms with Crippen LogP contribution in [-0.2, 0) is 4.74 Å². The molecule has 1 aliphatic heterocycles. The van der Waals surface area contributed by atoms with E-state index in [-0.39, 0.29) is 11.6 Å². The number of amides is 1. The molecule has 0 aliphatic carbocycles. The van der Waals surface area contributed by atoms with Gasteiger partial charge in [0.1, 0.15) is 6.10 Å². The molecule has 1 fully saturated rings. The summed E-state index contributed by atoms with van der Waals surface area (Å²) in [5, 5.41) is 9.65. The van der Waals surface area contributed by atoms with Crippen LogP contribution in [-0.4, -0.2) is 46.9 Å². The van der Waals surface area contributed by atoms with Crippen molar-refractivity contribution in [1.82, 2.24) is 4.90 Å². The van der Waals surface area contributed by atoms with Gasteiger partial charge in [-0.3, -0.25) is 4.90 Å². The van der Waals surface area contributed by atoms with Crippen molar-refractivity contribution in [2.75, 3.05) is 13.1 Å². The van der Waals surface area contributed by atoms with Crippen LogP contribution in [0.4, 0.5) is 4.79 Å². The first kappa shape index (κ1) is 12.3. The number of nitrogens with two attached hydrogens (primary N) is 1. The van der Waals surface area contributed by atoms with E-state index in [1.165, 1.54) is 0 Å². The van der Waals surface area contributed by atoms with Crippen molar-refractivity contribution in [3.8, 4) is 0 Å². The fourth-order valence-corrected chi connectivity index (χ4v) is 1.82. The molecule has 0 spiro atoms. The Balaban J connectivity index is 2.59. The van der Waals surface area contributed by atoms with Gasteiger partial charge in [0.2, 0.25) is 0 Å². The molecule has 0 saturated carbocycles. The normalized spacial score (nSPS) is 28.8. The maximum absolute atomic E-state index is 10.6. The van der Waals surface area contributed by atoms with Crippen LogP contribution in [0.3, 0.4) is 0 Å². The summed E-state index contributed by atoms with van der Waals surface area (Å²) in [5.41, 5.74) is 4.92. The van der Waals surface area contributed by atoms with Crippen molar-refractivity contribution >= 4 is 6.09 Å². The molecule has 0 aromatic carbocycles. The van der Waals surface area contributed by atoms with Gasteiger partial charge < -0.3 is 15.6 Å². The summed E-state index contributed by atoms with van der Waals surface area (Å²) in [4.78, 5) is 12.7. The van der Waals surface area contributed by atoms with Gasteiger partial charge in [-0.1, -0.05) is 0 Å². The molecule has 0 unspecified atom stereocenters. The van der Waals surface area contributed by atoms with Crippen molar-refractivity contribution in [2.45, 2.75) is 44.9 Å². The minimum Gasteiger partial charge on any atom is -0.445 e. The van der Waals surface area contributed by atoms with Gasteiger partial charge in [-0.2, -0.15) is 0 Å². The van der Waals surface area contributed by atoms with Crippen LogP contribution >= 0.6 is 0 Å². The topological polar surface area (TPSA) is 75.8 Å². The number of carbonyl (C=O) groups is 1. The van der Waals surface area contributed by atoms with E-state index in [4.69, 9.17) is 10.5 Å². The molecular weight excluding hydrogens is 196 g/mol. The molecule has 88 valence electrons. The van der Waals surface area contributed by atoms with Gasteiger partial charge in [0.15, 0.2) is 0 Å². The summed E-state index contributed by atoms with van der Waals surface area (Å²) >= 11 is 0. The second-order valence-corrected chi connectivity index (χ2v) is 5.02. The van der Waals surface area contributed by atoms with Gasteiger partial charge in [-0.25, -0.2) is 4.79 Å². The molecule has 0 radical (unpaired) electrons. The van der Waals surface area contributed by atoms with E-state index >= 15 is 0 Å². The first-order chi connectivity index (χ1) is 6.79. The van der Waals surface area contributed by atoms with Crippen LogP contribution in [0.2, 0.25) is 0 Å². The molecule has 5 nitrogen and oxygen atoms in total. The lowest BCUT2D eigenvalue weighted by Gasteiger charge is -2.42. The number of hydrogen-bond donors (Lipinski definition) is 2. The van der Waals surface area contributed by atoms with Crippen molar-refractivity contribution < 1.29 is 14.6 Å². The van der Waals surface area contributed by atoms with Gasteiger partial charge in [-0.15, -0.1) is 0 Å². The zero-order valence-electron chi connectivity index (χ0n) is 9.56. The Morgan fingerprint density at radius 1 is 1.47 bits per heavy atom. The molecule has 1 heterocycles. The first-order valence-corrected chi connectivity index (χ1v) is 5.18. The van der Waals surface area contributed by atoms with E-state index in [1.807, 2.05) is 0 Å². The fraction of sp³-hybridized carbons (Fsp3) is 0.900. The number of rotatable bonds is 1. The van der Waals surface area contributed by atoms with Crippen LogP contribution in [0.25, 0.3) is 0 Å². The highest BCUT2D eigenvalue weighted by Crippen LogP contribution is 2.21. The zero-order valence-corrected chi connectivity index (χ0v) is 9.56. The summed E-state index contributed by atoms with van der Waals surface area (Å²) in [5.74, 6) is 0. The van der Waals surface area contributed by atoms with Crippen molar-refractivity contribution in [3.05, 3.63) is 0 Å². The number of primary amides is 1. The number of carbonyl (C=O) groups excluding carboxylic acids is 1. The monoisotopic (exact) mass is 216 g/mol. The zero-order chi connectivity index (χ0) is 11.6. The average Bonchev–Trinajstić information content (AvgIpc) is 1.99. The highest BCUT2D eigenvalue weighted by molar-refractivity contribution is 5.64. The van der Waals surface area contributed by atoms with Gasteiger partial charge in [0, 0.05) is 25.0 Å². The molecule has 5 heteroatoms. The van der Waals surface area contributed by atoms with E-state index in [2.05, 4.69) is 25.7 Å². The maximum atomic E-state index is 10.6. The van der Waals surface area contributed by atoms with Gasteiger partial charge >= 0.3 is 6.09 Å². The van der Waals surface area contributed by atoms with E-state index in [9.17, 15) is 9.90 Å². The summed E-state index contributed by atoms with van der Waals surface area (Å²) in [6, 6.07) is 0. The molecular formula is C10H20N2O3. The second-order valence-electron chi connectivity index (χ2n) is 5.02. The third-order valence-corrected chi connectivity index (χ3v) is 2.62. The highest BCUT2D eigenvalue weighted by Gasteiger charge is 2.33. The standard InChI is InChI=1S/C10H20N2O3/c1-10(2,3)12-5-7(13)4-8(6-12)15-9(11)14/h7-8,13H,4-6H2,1-3H3,(H2,11,14)/t7-,8+/m0/s1. The summed E-state index contributed by atoms with van der Waals surface area (Å²) in [6.07, 6.45) is -1.06. The third kappa shape index (κ3) is 3.68. The van der Waals surface area contributed by atoms with Gasteiger partial charge in [-0.05, 0) is 20.8 Å². The smallest absolute Gasteiger partial charge is 0.404 e. The van der Waals surface area contributed by atoms with Gasteiger partial charge in [0.25, 0.3) is 0 Å². The quantitative estimate of drug-likeness (QED) is 0.661. The number of hydrogen-bond acceptors (Lipinski definition) is 4. The molecule has 15 heavy (non-hydrogen) atoms. The van der Waals surface area contributed by atoms with E-state index in [0.717, 1.165) is 0 Å². The van der Waals surface area contributed by atoms with Gasteiger partial charge in [0.05, 0.1) is 6.10 Å². The number of likely N-dealkylation sites (tertiary alicyclic amines) is 1. The molecule has 0 bridgehead atoms. The van der Waals surface area contributed by atoms with Crippen LogP contribution in [0, 0.1) is 0 Å². The minimum atomic E-state index is -0.775. The van der Waals surface area contributed by atoms with E-state index < -0.39 is 12.2 Å². The molecule has 1 saturated heterocycles. The Hall–Kier alpha value is -0.810. The predicted molar refractivity (Wildman–Crippen MR) is 56.4 cm³/mol. The first-order valence-electron chi connectivity index (χ1n) is 5.18. The van der Waals surface area contributed by atoms with Crippen LogP contribution in [0.15, 0.2) is 0 Å². The van der Waals surface area contributed by atoms with E-state index in [0.29, 0.717) is 19.5 Å². The number of aliphatic hydroxyl groups is 1. The maximum Gasteiger partial charge on any atom is 0.404 e. The average molecular weight is 216 g/mol. The Bertz CT molecular complexity index is 237. The number of β-amino-alcohol motifs (C(OH)–C–C–N with tert-alkyl or cyclic N) is 1. The summed E-state index contributed by atoms with van der Waals surface area (Å²) in [6.45, 7) is 7.43. The Labute approximate surface area is 90.2 Å². The van der Waals surface area contributed by atoms with Crippen molar-refractivity contribution in [2.24, 2.45) is 5.73 Å². The fourth-order valence-electron chi connectivity index (χ4n) is 1.82. The van der Waals surface area contributed by atoms with Crippen molar-refractivity contribution in [3.63, 3.8) is 0 Å². The lowest BCUT2D eigenvalue weighted by Crippen LogP contribution is -2.54. The Morgan fingerprint density at radius 2 is 2.07 bits per heavy atom. The lowest BCUT2D eigenvalue weighted by atomic mass is 9.98. The minimum absolute atomic E-state index is 0.0410.